The molecule has 0 aliphatic carbocycles. The second-order valence-electron chi connectivity index (χ2n) is 3.35. The minimum atomic E-state index is -1.10. The van der Waals surface area contributed by atoms with Gasteiger partial charge in [-0.05, 0) is 0 Å². The lowest BCUT2D eigenvalue weighted by Gasteiger charge is -2.03. The lowest BCUT2D eigenvalue weighted by molar-refractivity contribution is -0.138. The van der Waals surface area contributed by atoms with Crippen LogP contribution in [0.5, 0.6) is 0 Å². The van der Waals surface area contributed by atoms with Crippen LogP contribution in [-0.2, 0) is 16.1 Å². The molecule has 0 saturated heterocycles. The van der Waals surface area contributed by atoms with Gasteiger partial charge in [-0.2, -0.15) is 4.98 Å². The average Bonchev–Trinajstić information content (AvgIpc) is 2.70. The van der Waals surface area contributed by atoms with Gasteiger partial charge in [0, 0.05) is 13.3 Å². The highest BCUT2D eigenvalue weighted by molar-refractivity contribution is 5.95. The molecule has 0 atom stereocenters. The van der Waals surface area contributed by atoms with Crippen LogP contribution in [0.2, 0.25) is 0 Å². The SMILES string of the molecule is Cc1nc(CNC(=O)NC(=O)CCC(=O)O)no1. The van der Waals surface area contributed by atoms with E-state index < -0.39 is 17.9 Å². The number of imide groups is 1. The van der Waals surface area contributed by atoms with Crippen LogP contribution in [0.1, 0.15) is 24.6 Å². The number of carboxylic acids is 1. The lowest BCUT2D eigenvalue weighted by Crippen LogP contribution is -2.39. The fourth-order valence-electron chi connectivity index (χ4n) is 1.03. The number of nitrogens with zero attached hydrogens (tertiary/aromatic N) is 2. The van der Waals surface area contributed by atoms with Gasteiger partial charge in [-0.15, -0.1) is 0 Å². The van der Waals surface area contributed by atoms with E-state index in [1.54, 1.807) is 6.92 Å². The predicted molar refractivity (Wildman–Crippen MR) is 56.3 cm³/mol. The number of nitrogens with one attached hydrogen (secondary N) is 2. The van der Waals surface area contributed by atoms with Crippen molar-refractivity contribution in [2.24, 2.45) is 0 Å². The Balaban J connectivity index is 2.25. The Morgan fingerprint density at radius 2 is 2.06 bits per heavy atom. The topological polar surface area (TPSA) is 134 Å². The van der Waals surface area contributed by atoms with Gasteiger partial charge in [0.1, 0.15) is 0 Å². The van der Waals surface area contributed by atoms with Crippen molar-refractivity contribution in [2.45, 2.75) is 26.3 Å². The first-order valence-corrected chi connectivity index (χ1v) is 5.06. The van der Waals surface area contributed by atoms with Crippen LogP contribution in [0, 0.1) is 6.92 Å². The predicted octanol–water partition coefficient (Wildman–Crippen LogP) is -0.431. The first kappa shape index (κ1) is 13.6. The van der Waals surface area contributed by atoms with Crippen molar-refractivity contribution in [3.63, 3.8) is 0 Å². The molecule has 0 saturated carbocycles. The number of aromatic nitrogens is 2. The van der Waals surface area contributed by atoms with Crippen molar-refractivity contribution in [1.29, 1.82) is 0 Å². The van der Waals surface area contributed by atoms with Gasteiger partial charge < -0.3 is 14.9 Å². The highest BCUT2D eigenvalue weighted by Gasteiger charge is 2.10. The van der Waals surface area contributed by atoms with E-state index in [4.69, 9.17) is 5.11 Å². The molecule has 0 spiro atoms. The van der Waals surface area contributed by atoms with Crippen molar-refractivity contribution in [1.82, 2.24) is 20.8 Å². The largest absolute Gasteiger partial charge is 0.481 e. The summed E-state index contributed by atoms with van der Waals surface area (Å²) in [6, 6.07) is -0.743. The van der Waals surface area contributed by atoms with Gasteiger partial charge in [-0.3, -0.25) is 14.9 Å². The molecule has 0 aliphatic rings. The Kier molecular flexibility index (Phi) is 4.78. The number of hydrogen-bond donors (Lipinski definition) is 3. The maximum absolute atomic E-state index is 11.2. The monoisotopic (exact) mass is 256 g/mol. The summed E-state index contributed by atoms with van der Waals surface area (Å²) in [6.45, 7) is 1.61. The average molecular weight is 256 g/mol. The van der Waals surface area contributed by atoms with E-state index >= 15 is 0 Å². The zero-order valence-corrected chi connectivity index (χ0v) is 9.60. The van der Waals surface area contributed by atoms with Crippen molar-refractivity contribution >= 4 is 17.9 Å². The molecule has 0 aromatic carbocycles. The number of carbonyl (C=O) groups is 3. The second kappa shape index (κ2) is 6.33. The first-order valence-electron chi connectivity index (χ1n) is 5.06. The van der Waals surface area contributed by atoms with Crippen molar-refractivity contribution < 1.29 is 24.0 Å². The fourth-order valence-corrected chi connectivity index (χ4v) is 1.03. The molecule has 18 heavy (non-hydrogen) atoms. The number of aliphatic carboxylic acids is 1. The fraction of sp³-hybridized carbons (Fsp3) is 0.444. The van der Waals surface area contributed by atoms with Crippen LogP contribution in [0.3, 0.4) is 0 Å². The van der Waals surface area contributed by atoms with E-state index in [1.165, 1.54) is 0 Å². The van der Waals surface area contributed by atoms with Crippen LogP contribution in [-0.4, -0.2) is 33.2 Å². The van der Waals surface area contributed by atoms with Crippen LogP contribution < -0.4 is 10.6 Å². The molecule has 0 fully saturated rings. The second-order valence-corrected chi connectivity index (χ2v) is 3.35. The lowest BCUT2D eigenvalue weighted by atomic mass is 10.3. The van der Waals surface area contributed by atoms with E-state index in [9.17, 15) is 14.4 Å². The summed E-state index contributed by atoms with van der Waals surface area (Å²) < 4.78 is 4.68. The third-order valence-electron chi connectivity index (χ3n) is 1.80. The summed E-state index contributed by atoms with van der Waals surface area (Å²) in [5.74, 6) is -1.13. The number of carboxylic acid groups (broad SMARTS) is 1. The quantitative estimate of drug-likeness (QED) is 0.650. The summed E-state index contributed by atoms with van der Waals surface area (Å²) in [6.07, 6.45) is -0.590. The number of rotatable bonds is 5. The number of urea groups is 1. The van der Waals surface area contributed by atoms with Gasteiger partial charge in [0.2, 0.25) is 11.8 Å². The van der Waals surface area contributed by atoms with Crippen molar-refractivity contribution in [3.05, 3.63) is 11.7 Å². The van der Waals surface area contributed by atoms with E-state index in [-0.39, 0.29) is 25.2 Å². The Labute approximate surface area is 102 Å². The summed E-state index contributed by atoms with van der Waals surface area (Å²) in [5, 5.41) is 16.2. The maximum atomic E-state index is 11.2. The number of aryl methyl sites for hydroxylation is 1. The molecule has 1 rings (SSSR count). The minimum Gasteiger partial charge on any atom is -0.481 e. The van der Waals surface area contributed by atoms with E-state index in [0.717, 1.165) is 0 Å². The molecular weight excluding hydrogens is 244 g/mol. The Morgan fingerprint density at radius 1 is 1.33 bits per heavy atom. The summed E-state index contributed by atoms with van der Waals surface area (Å²) in [5.41, 5.74) is 0. The maximum Gasteiger partial charge on any atom is 0.321 e. The van der Waals surface area contributed by atoms with Crippen LogP contribution in [0.25, 0.3) is 0 Å². The molecule has 9 heteroatoms. The van der Waals surface area contributed by atoms with Crippen LogP contribution in [0.15, 0.2) is 4.52 Å². The van der Waals surface area contributed by atoms with Gasteiger partial charge in [0.25, 0.3) is 0 Å². The summed E-state index contributed by atoms with van der Waals surface area (Å²) in [4.78, 5) is 36.3. The van der Waals surface area contributed by atoms with Gasteiger partial charge in [0.05, 0.1) is 13.0 Å². The molecule has 0 radical (unpaired) electrons. The Bertz CT molecular complexity index is 456. The standard InChI is InChI=1S/C9H12N4O5/c1-5-11-6(13-18-5)4-10-9(17)12-7(14)2-3-8(15)16/h2-4H2,1H3,(H,15,16)(H2,10,12,14,17). The van der Waals surface area contributed by atoms with Crippen molar-refractivity contribution in [3.8, 4) is 0 Å². The molecule has 3 amide bonds. The van der Waals surface area contributed by atoms with E-state index in [1.807, 2.05) is 5.32 Å². The number of hydrogen-bond acceptors (Lipinski definition) is 6. The van der Waals surface area contributed by atoms with Gasteiger partial charge in [-0.25, -0.2) is 4.79 Å². The molecule has 1 heterocycles. The third-order valence-corrected chi connectivity index (χ3v) is 1.80. The smallest absolute Gasteiger partial charge is 0.321 e. The molecule has 1 aromatic heterocycles. The Morgan fingerprint density at radius 3 is 2.61 bits per heavy atom. The molecule has 98 valence electrons. The summed E-state index contributed by atoms with van der Waals surface area (Å²) in [7, 11) is 0. The molecule has 0 bridgehead atoms. The van der Waals surface area contributed by atoms with Crippen LogP contribution >= 0.6 is 0 Å². The highest BCUT2D eigenvalue weighted by atomic mass is 16.5. The van der Waals surface area contributed by atoms with E-state index in [0.29, 0.717) is 5.89 Å². The molecule has 0 aliphatic heterocycles. The molecule has 3 N–H and O–H groups in total. The Hall–Kier alpha value is -2.45. The number of amides is 3. The molecule has 0 unspecified atom stereocenters. The molecule has 9 nitrogen and oxygen atoms in total. The van der Waals surface area contributed by atoms with Gasteiger partial charge in [0.15, 0.2) is 5.82 Å². The first-order chi connectivity index (χ1) is 8.47. The number of carbonyl (C=O) groups excluding carboxylic acids is 2. The minimum absolute atomic E-state index is 0.00931. The zero-order chi connectivity index (χ0) is 13.5. The normalized spacial score (nSPS) is 9.83. The third kappa shape index (κ3) is 5.05. The van der Waals surface area contributed by atoms with Gasteiger partial charge in [-0.1, -0.05) is 5.16 Å². The molecule has 1 aromatic rings. The van der Waals surface area contributed by atoms with Crippen LogP contribution in [0.4, 0.5) is 4.79 Å². The van der Waals surface area contributed by atoms with Gasteiger partial charge >= 0.3 is 12.0 Å². The molecular formula is C9H12N4O5. The van der Waals surface area contributed by atoms with Crippen molar-refractivity contribution in [2.75, 3.05) is 0 Å². The summed E-state index contributed by atoms with van der Waals surface area (Å²) >= 11 is 0. The van der Waals surface area contributed by atoms with E-state index in [2.05, 4.69) is 20.0 Å². The zero-order valence-electron chi connectivity index (χ0n) is 9.60. The highest BCUT2D eigenvalue weighted by Crippen LogP contribution is 1.93.